The van der Waals surface area contributed by atoms with Crippen LogP contribution in [0.2, 0.25) is 0 Å². The monoisotopic (exact) mass is 244 g/mol. The van der Waals surface area contributed by atoms with Gasteiger partial charge in [-0.1, -0.05) is 5.16 Å². The SMILES string of the molecule is Cc1ccnc(-c2noc([C@H]3CCCNC3)n2)c1. The molecule has 1 fully saturated rings. The predicted molar refractivity (Wildman–Crippen MR) is 67.1 cm³/mol. The zero-order valence-electron chi connectivity index (χ0n) is 10.4. The first kappa shape index (κ1) is 11.3. The number of rotatable bonds is 2. The van der Waals surface area contributed by atoms with Crippen LogP contribution < -0.4 is 5.32 Å². The van der Waals surface area contributed by atoms with Crippen molar-refractivity contribution in [3.8, 4) is 11.5 Å². The number of hydrogen-bond donors (Lipinski definition) is 1. The molecule has 0 radical (unpaired) electrons. The number of hydrogen-bond acceptors (Lipinski definition) is 5. The molecular weight excluding hydrogens is 228 g/mol. The molecule has 1 aliphatic rings. The van der Waals surface area contributed by atoms with E-state index in [0.717, 1.165) is 43.1 Å². The third kappa shape index (κ3) is 2.26. The summed E-state index contributed by atoms with van der Waals surface area (Å²) >= 11 is 0. The van der Waals surface area contributed by atoms with Gasteiger partial charge in [0, 0.05) is 12.7 Å². The summed E-state index contributed by atoms with van der Waals surface area (Å²) in [5, 5.41) is 7.37. The van der Waals surface area contributed by atoms with Gasteiger partial charge >= 0.3 is 0 Å². The average molecular weight is 244 g/mol. The van der Waals surface area contributed by atoms with Crippen molar-refractivity contribution in [2.24, 2.45) is 0 Å². The van der Waals surface area contributed by atoms with E-state index in [1.807, 2.05) is 19.1 Å². The Balaban J connectivity index is 1.84. The van der Waals surface area contributed by atoms with Gasteiger partial charge in [0.15, 0.2) is 0 Å². The summed E-state index contributed by atoms with van der Waals surface area (Å²) in [6.07, 6.45) is 4.03. The van der Waals surface area contributed by atoms with Crippen LogP contribution in [0.4, 0.5) is 0 Å². The molecule has 5 nitrogen and oxygen atoms in total. The Morgan fingerprint density at radius 2 is 2.39 bits per heavy atom. The van der Waals surface area contributed by atoms with Crippen molar-refractivity contribution in [1.82, 2.24) is 20.4 Å². The predicted octanol–water partition coefficient (Wildman–Crippen LogP) is 1.91. The molecule has 5 heteroatoms. The van der Waals surface area contributed by atoms with Gasteiger partial charge in [0.2, 0.25) is 11.7 Å². The van der Waals surface area contributed by atoms with Gasteiger partial charge in [0.25, 0.3) is 0 Å². The number of aromatic nitrogens is 3. The van der Waals surface area contributed by atoms with E-state index in [0.29, 0.717) is 11.7 Å². The van der Waals surface area contributed by atoms with Crippen LogP contribution in [-0.2, 0) is 0 Å². The molecule has 3 heterocycles. The molecule has 2 aromatic heterocycles. The molecule has 1 aliphatic heterocycles. The lowest BCUT2D eigenvalue weighted by Crippen LogP contribution is -2.28. The molecule has 0 saturated carbocycles. The van der Waals surface area contributed by atoms with Crippen LogP contribution >= 0.6 is 0 Å². The quantitative estimate of drug-likeness (QED) is 0.874. The number of nitrogens with one attached hydrogen (secondary N) is 1. The van der Waals surface area contributed by atoms with Crippen molar-refractivity contribution >= 4 is 0 Å². The van der Waals surface area contributed by atoms with E-state index in [9.17, 15) is 0 Å². The highest BCUT2D eigenvalue weighted by molar-refractivity contribution is 5.49. The van der Waals surface area contributed by atoms with Gasteiger partial charge in [-0.05, 0) is 44.0 Å². The molecule has 0 unspecified atom stereocenters. The normalized spacial score (nSPS) is 19.9. The molecule has 1 N–H and O–H groups in total. The summed E-state index contributed by atoms with van der Waals surface area (Å²) in [5.74, 6) is 1.64. The Hall–Kier alpha value is -1.75. The Labute approximate surface area is 106 Å². The molecule has 0 aromatic carbocycles. The number of piperidine rings is 1. The van der Waals surface area contributed by atoms with Gasteiger partial charge in [-0.15, -0.1) is 0 Å². The lowest BCUT2D eigenvalue weighted by atomic mass is 10.00. The van der Waals surface area contributed by atoms with Crippen LogP contribution in [0, 0.1) is 6.92 Å². The van der Waals surface area contributed by atoms with E-state index in [1.165, 1.54) is 0 Å². The second-order valence-corrected chi connectivity index (χ2v) is 4.72. The minimum Gasteiger partial charge on any atom is -0.339 e. The van der Waals surface area contributed by atoms with Gasteiger partial charge in [-0.25, -0.2) is 0 Å². The van der Waals surface area contributed by atoms with Crippen LogP contribution in [0.15, 0.2) is 22.9 Å². The zero-order chi connectivity index (χ0) is 12.4. The summed E-state index contributed by atoms with van der Waals surface area (Å²) in [7, 11) is 0. The maximum atomic E-state index is 5.36. The highest BCUT2D eigenvalue weighted by Gasteiger charge is 2.21. The van der Waals surface area contributed by atoms with Crippen molar-refractivity contribution < 1.29 is 4.52 Å². The fraction of sp³-hybridized carbons (Fsp3) is 0.462. The molecule has 1 saturated heterocycles. The summed E-state index contributed by atoms with van der Waals surface area (Å²) in [4.78, 5) is 8.73. The molecule has 94 valence electrons. The average Bonchev–Trinajstić information content (AvgIpc) is 2.89. The lowest BCUT2D eigenvalue weighted by Gasteiger charge is -2.18. The third-order valence-corrected chi connectivity index (χ3v) is 3.23. The van der Waals surface area contributed by atoms with Gasteiger partial charge in [-0.3, -0.25) is 4.98 Å². The largest absolute Gasteiger partial charge is 0.339 e. The fourth-order valence-electron chi connectivity index (χ4n) is 2.23. The third-order valence-electron chi connectivity index (χ3n) is 3.23. The highest BCUT2D eigenvalue weighted by Crippen LogP contribution is 2.23. The molecule has 0 amide bonds. The Morgan fingerprint density at radius 3 is 3.17 bits per heavy atom. The summed E-state index contributed by atoms with van der Waals surface area (Å²) in [6.45, 7) is 4.02. The topological polar surface area (TPSA) is 63.8 Å². The minimum absolute atomic E-state index is 0.338. The molecular formula is C13H16N4O. The first-order valence-corrected chi connectivity index (χ1v) is 6.30. The maximum absolute atomic E-state index is 5.36. The Morgan fingerprint density at radius 1 is 1.44 bits per heavy atom. The van der Waals surface area contributed by atoms with Crippen LogP contribution in [0.25, 0.3) is 11.5 Å². The van der Waals surface area contributed by atoms with Crippen molar-refractivity contribution in [2.45, 2.75) is 25.7 Å². The van der Waals surface area contributed by atoms with Crippen molar-refractivity contribution in [2.75, 3.05) is 13.1 Å². The van der Waals surface area contributed by atoms with E-state index >= 15 is 0 Å². The Kier molecular flexibility index (Phi) is 3.06. The van der Waals surface area contributed by atoms with Gasteiger partial charge in [0.1, 0.15) is 5.69 Å². The minimum atomic E-state index is 0.338. The fourth-order valence-corrected chi connectivity index (χ4v) is 2.23. The van der Waals surface area contributed by atoms with E-state index in [2.05, 4.69) is 20.4 Å². The van der Waals surface area contributed by atoms with E-state index in [-0.39, 0.29) is 0 Å². The van der Waals surface area contributed by atoms with E-state index in [1.54, 1.807) is 6.20 Å². The summed E-state index contributed by atoms with van der Waals surface area (Å²) < 4.78 is 5.36. The van der Waals surface area contributed by atoms with E-state index in [4.69, 9.17) is 4.52 Å². The van der Waals surface area contributed by atoms with Gasteiger partial charge < -0.3 is 9.84 Å². The lowest BCUT2D eigenvalue weighted by molar-refractivity contribution is 0.322. The highest BCUT2D eigenvalue weighted by atomic mass is 16.5. The van der Waals surface area contributed by atoms with Crippen LogP contribution in [0.3, 0.4) is 0 Å². The van der Waals surface area contributed by atoms with E-state index < -0.39 is 0 Å². The molecule has 3 rings (SSSR count). The maximum Gasteiger partial charge on any atom is 0.231 e. The summed E-state index contributed by atoms with van der Waals surface area (Å²) in [6, 6.07) is 3.92. The van der Waals surface area contributed by atoms with Crippen molar-refractivity contribution in [3.63, 3.8) is 0 Å². The van der Waals surface area contributed by atoms with Crippen LogP contribution in [0.5, 0.6) is 0 Å². The van der Waals surface area contributed by atoms with Crippen LogP contribution in [-0.4, -0.2) is 28.2 Å². The van der Waals surface area contributed by atoms with Crippen molar-refractivity contribution in [1.29, 1.82) is 0 Å². The Bertz CT molecular complexity index is 531. The molecule has 0 spiro atoms. The second kappa shape index (κ2) is 4.86. The standard InChI is InChI=1S/C13H16N4O/c1-9-4-6-15-11(7-9)12-16-13(18-17-12)10-3-2-5-14-8-10/h4,6-7,10,14H,2-3,5,8H2,1H3/t10-/m0/s1. The smallest absolute Gasteiger partial charge is 0.231 e. The molecule has 1 atom stereocenters. The molecule has 18 heavy (non-hydrogen) atoms. The first-order chi connectivity index (χ1) is 8.83. The van der Waals surface area contributed by atoms with Crippen LogP contribution in [0.1, 0.15) is 30.2 Å². The molecule has 0 bridgehead atoms. The van der Waals surface area contributed by atoms with Crippen molar-refractivity contribution in [3.05, 3.63) is 29.8 Å². The molecule has 2 aromatic rings. The van der Waals surface area contributed by atoms with Gasteiger partial charge in [0.05, 0.1) is 5.92 Å². The first-order valence-electron chi connectivity index (χ1n) is 6.30. The zero-order valence-corrected chi connectivity index (χ0v) is 10.4. The number of nitrogens with zero attached hydrogens (tertiary/aromatic N) is 3. The second-order valence-electron chi connectivity index (χ2n) is 4.72. The number of aryl methyl sites for hydroxylation is 1. The summed E-state index contributed by atoms with van der Waals surface area (Å²) in [5.41, 5.74) is 1.92. The number of pyridine rings is 1. The molecule has 0 aliphatic carbocycles. The van der Waals surface area contributed by atoms with Gasteiger partial charge in [-0.2, -0.15) is 4.98 Å².